The Morgan fingerprint density at radius 2 is 2.33 bits per heavy atom. The number of nitrogens with one attached hydrogen (secondary N) is 1. The van der Waals surface area contributed by atoms with Gasteiger partial charge >= 0.3 is 0 Å². The van der Waals surface area contributed by atoms with E-state index in [1.165, 1.54) is 0 Å². The molecule has 0 amide bonds. The molecule has 2 heterocycles. The quantitative estimate of drug-likeness (QED) is 0.546. The van der Waals surface area contributed by atoms with Gasteiger partial charge in [-0.1, -0.05) is 0 Å². The van der Waals surface area contributed by atoms with Crippen molar-refractivity contribution in [3.8, 4) is 6.07 Å². The van der Waals surface area contributed by atoms with Crippen LogP contribution in [0.15, 0.2) is 18.5 Å². The first kappa shape index (κ1) is 9.66. The summed E-state index contributed by atoms with van der Waals surface area (Å²) in [5.74, 6) is 0.556. The van der Waals surface area contributed by atoms with Crippen molar-refractivity contribution < 1.29 is 0 Å². The third-order valence-corrected chi connectivity index (χ3v) is 2.53. The Morgan fingerprint density at radius 3 is 2.93 bits per heavy atom. The summed E-state index contributed by atoms with van der Waals surface area (Å²) >= 11 is 0. The maximum Gasteiger partial charge on any atom is 0.129 e. The van der Waals surface area contributed by atoms with Crippen molar-refractivity contribution in [3.05, 3.63) is 29.6 Å². The van der Waals surface area contributed by atoms with Gasteiger partial charge in [-0.2, -0.15) is 5.26 Å². The van der Waals surface area contributed by atoms with E-state index in [2.05, 4.69) is 11.1 Å². The van der Waals surface area contributed by atoms with Gasteiger partial charge in [-0.25, -0.2) is 0 Å². The maximum absolute atomic E-state index is 8.64. The summed E-state index contributed by atoms with van der Waals surface area (Å²) in [6.45, 7) is 3.30. The average molecular weight is 200 g/mol. The number of nitriles is 1. The summed E-state index contributed by atoms with van der Waals surface area (Å²) in [7, 11) is 0. The lowest BCUT2D eigenvalue weighted by molar-refractivity contribution is 0.235. The van der Waals surface area contributed by atoms with Crippen LogP contribution in [0.1, 0.15) is 11.1 Å². The van der Waals surface area contributed by atoms with Gasteiger partial charge in [0.05, 0.1) is 12.0 Å². The largest absolute Gasteiger partial charge is 0.354 e. The molecule has 0 unspecified atom stereocenters. The predicted molar refractivity (Wildman–Crippen MR) is 56.5 cm³/mol. The molecular weight excluding hydrogens is 188 g/mol. The summed E-state index contributed by atoms with van der Waals surface area (Å²) in [5.41, 5.74) is 1.88. The molecule has 1 aromatic rings. The molecule has 0 saturated carbocycles. The zero-order valence-electron chi connectivity index (χ0n) is 8.57. The van der Waals surface area contributed by atoms with Crippen molar-refractivity contribution in [3.63, 3.8) is 0 Å². The van der Waals surface area contributed by atoms with Crippen LogP contribution in [-0.4, -0.2) is 28.8 Å². The summed E-state index contributed by atoms with van der Waals surface area (Å²) in [5, 5.41) is 16.6. The number of hydrogen-bond acceptors (Lipinski definition) is 3. The van der Waals surface area contributed by atoms with Gasteiger partial charge < -0.3 is 4.90 Å². The molecule has 1 aromatic heterocycles. The smallest absolute Gasteiger partial charge is 0.129 e. The Hall–Kier alpha value is -1.89. The Labute approximate surface area is 88.7 Å². The zero-order chi connectivity index (χ0) is 10.8. The van der Waals surface area contributed by atoms with E-state index in [1.807, 2.05) is 17.9 Å². The molecule has 0 aromatic carbocycles. The molecule has 0 spiro atoms. The molecule has 4 nitrogen and oxygen atoms in total. The highest BCUT2D eigenvalue weighted by molar-refractivity contribution is 5.96. The second-order valence-electron chi connectivity index (χ2n) is 3.83. The molecule has 15 heavy (non-hydrogen) atoms. The fourth-order valence-corrected chi connectivity index (χ4v) is 1.61. The number of aryl methyl sites for hydroxylation is 1. The fourth-order valence-electron chi connectivity index (χ4n) is 1.61. The molecule has 0 aliphatic carbocycles. The number of hydrogen-bond donors (Lipinski definition) is 1. The van der Waals surface area contributed by atoms with E-state index in [0.29, 0.717) is 18.9 Å². The van der Waals surface area contributed by atoms with Crippen molar-refractivity contribution in [1.82, 2.24) is 9.88 Å². The maximum atomic E-state index is 8.64. The monoisotopic (exact) mass is 200 g/mol. The van der Waals surface area contributed by atoms with Gasteiger partial charge in [-0.15, -0.1) is 0 Å². The van der Waals surface area contributed by atoms with Gasteiger partial charge in [0.15, 0.2) is 0 Å². The van der Waals surface area contributed by atoms with Gasteiger partial charge in [0, 0.05) is 31.0 Å². The highest BCUT2D eigenvalue weighted by Crippen LogP contribution is 2.17. The van der Waals surface area contributed by atoms with Crippen molar-refractivity contribution in [1.29, 1.82) is 10.7 Å². The fraction of sp³-hybridized carbons (Fsp3) is 0.364. The summed E-state index contributed by atoms with van der Waals surface area (Å²) in [4.78, 5) is 5.95. The molecule has 4 heteroatoms. The average Bonchev–Trinajstić information content (AvgIpc) is 2.16. The third kappa shape index (κ3) is 1.82. The highest BCUT2D eigenvalue weighted by Gasteiger charge is 2.28. The first-order chi connectivity index (χ1) is 7.20. The third-order valence-electron chi connectivity index (χ3n) is 2.53. The Kier molecular flexibility index (Phi) is 2.38. The van der Waals surface area contributed by atoms with Gasteiger partial charge in [0.1, 0.15) is 5.84 Å². The van der Waals surface area contributed by atoms with Crippen LogP contribution in [0.3, 0.4) is 0 Å². The van der Waals surface area contributed by atoms with Crippen molar-refractivity contribution in [2.75, 3.05) is 13.1 Å². The van der Waals surface area contributed by atoms with Crippen LogP contribution < -0.4 is 0 Å². The SMILES string of the molecule is Cc1cncc(C(=N)N2CC(C#N)C2)c1. The minimum absolute atomic E-state index is 0.0862. The van der Waals surface area contributed by atoms with E-state index in [0.717, 1.165) is 11.1 Å². The summed E-state index contributed by atoms with van der Waals surface area (Å²) < 4.78 is 0. The lowest BCUT2D eigenvalue weighted by Crippen LogP contribution is -2.49. The highest BCUT2D eigenvalue weighted by atomic mass is 15.2. The second kappa shape index (κ2) is 3.70. The molecule has 0 bridgehead atoms. The second-order valence-corrected chi connectivity index (χ2v) is 3.83. The molecule has 1 aliphatic rings. The van der Waals surface area contributed by atoms with Crippen LogP contribution in [0.5, 0.6) is 0 Å². The van der Waals surface area contributed by atoms with E-state index in [9.17, 15) is 0 Å². The minimum atomic E-state index is 0.0862. The predicted octanol–water partition coefficient (Wildman–Crippen LogP) is 1.17. The summed E-state index contributed by atoms with van der Waals surface area (Å²) in [6.07, 6.45) is 3.46. The molecule has 2 rings (SSSR count). The molecule has 0 radical (unpaired) electrons. The summed E-state index contributed by atoms with van der Waals surface area (Å²) in [6, 6.07) is 4.13. The number of aromatic nitrogens is 1. The van der Waals surface area contributed by atoms with E-state index in [-0.39, 0.29) is 5.92 Å². The first-order valence-corrected chi connectivity index (χ1v) is 4.86. The number of likely N-dealkylation sites (tertiary alicyclic amines) is 1. The Balaban J connectivity index is 2.07. The van der Waals surface area contributed by atoms with Crippen LogP contribution >= 0.6 is 0 Å². The number of pyridine rings is 1. The van der Waals surface area contributed by atoms with E-state index >= 15 is 0 Å². The van der Waals surface area contributed by atoms with Gasteiger partial charge in [0.25, 0.3) is 0 Å². The molecule has 1 aliphatic heterocycles. The van der Waals surface area contributed by atoms with Gasteiger partial charge in [-0.3, -0.25) is 10.4 Å². The lowest BCUT2D eigenvalue weighted by atomic mass is 10.0. The number of nitrogens with zero attached hydrogens (tertiary/aromatic N) is 3. The van der Waals surface area contributed by atoms with Crippen LogP contribution in [0, 0.1) is 29.6 Å². The van der Waals surface area contributed by atoms with Crippen LogP contribution in [0.2, 0.25) is 0 Å². The number of amidine groups is 1. The van der Waals surface area contributed by atoms with E-state index in [1.54, 1.807) is 12.4 Å². The van der Waals surface area contributed by atoms with Crippen LogP contribution in [0.25, 0.3) is 0 Å². The topological polar surface area (TPSA) is 63.8 Å². The molecule has 1 saturated heterocycles. The Bertz CT molecular complexity index is 426. The number of rotatable bonds is 1. The zero-order valence-corrected chi connectivity index (χ0v) is 8.57. The van der Waals surface area contributed by atoms with Crippen LogP contribution in [-0.2, 0) is 0 Å². The molecule has 1 N–H and O–H groups in total. The van der Waals surface area contributed by atoms with Gasteiger partial charge in [0.2, 0.25) is 0 Å². The molecule has 76 valence electrons. The van der Waals surface area contributed by atoms with Crippen molar-refractivity contribution in [2.45, 2.75) is 6.92 Å². The van der Waals surface area contributed by atoms with E-state index in [4.69, 9.17) is 10.7 Å². The van der Waals surface area contributed by atoms with Gasteiger partial charge in [-0.05, 0) is 18.6 Å². The van der Waals surface area contributed by atoms with Crippen molar-refractivity contribution >= 4 is 5.84 Å². The van der Waals surface area contributed by atoms with Crippen LogP contribution in [0.4, 0.5) is 0 Å². The molecular formula is C11H12N4. The van der Waals surface area contributed by atoms with Crippen molar-refractivity contribution in [2.24, 2.45) is 5.92 Å². The molecule has 0 atom stereocenters. The van der Waals surface area contributed by atoms with E-state index < -0.39 is 0 Å². The standard InChI is InChI=1S/C11H12N4/c1-8-2-10(5-14-4-8)11(13)15-6-9(3-12)7-15/h2,4-5,9,13H,6-7H2,1H3. The Morgan fingerprint density at radius 1 is 1.60 bits per heavy atom. The first-order valence-electron chi connectivity index (χ1n) is 4.86. The molecule has 1 fully saturated rings. The minimum Gasteiger partial charge on any atom is -0.354 e. The lowest BCUT2D eigenvalue weighted by Gasteiger charge is -2.37. The normalized spacial score (nSPS) is 15.6.